The van der Waals surface area contributed by atoms with Crippen molar-refractivity contribution in [3.05, 3.63) is 180 Å². The number of benzene rings is 12. The minimum Gasteiger partial charge on any atom is -0.374 e. The first kappa shape index (κ1) is 88.8. The summed E-state index contributed by atoms with van der Waals surface area (Å²) in [7, 11) is -9.82. The van der Waals surface area contributed by atoms with Crippen LogP contribution in [0.25, 0.3) is 97.0 Å². The highest BCUT2D eigenvalue weighted by molar-refractivity contribution is 9.08. The largest absolute Gasteiger partial charge is 0.500 e. The van der Waals surface area contributed by atoms with E-state index in [-0.39, 0.29) is 0 Å². The fourth-order valence-electron chi connectivity index (χ4n) is 14.6. The molecule has 0 saturated heterocycles. The Balaban J connectivity index is 0.000000178. The van der Waals surface area contributed by atoms with Crippen molar-refractivity contribution in [3.8, 4) is 0 Å². The molecule has 0 heterocycles. The SMILES string of the molecule is BrCc1cc2ccc3cccc4ccc(c1)c2c34.CCO[Si](CCCN)(OCC)OCC.CCO[Si](CCCNCc1cc2ccc3cccc4ccc(c1)c2c34)(OCC)OCC.CCO[Si](CCCS)(OCC)OCC.CCO[Si](CCCSCc1cc2ccc3cccc4ccc(c1)c2c34)(OCC)OCC. The molecule has 0 aliphatic rings. The van der Waals surface area contributed by atoms with E-state index in [1.54, 1.807) is 0 Å². The van der Waals surface area contributed by atoms with Crippen LogP contribution < -0.4 is 11.1 Å². The van der Waals surface area contributed by atoms with Crippen molar-refractivity contribution < 1.29 is 53.1 Å². The Bertz CT molecular complexity index is 4080. The van der Waals surface area contributed by atoms with Crippen LogP contribution >= 0.6 is 40.3 Å². The first-order chi connectivity index (χ1) is 52.7. The molecule has 0 spiro atoms. The third-order valence-electron chi connectivity index (χ3n) is 18.6. The highest BCUT2D eigenvalue weighted by atomic mass is 79.9. The molecule has 0 aromatic heterocycles. The predicted octanol–water partition coefficient (Wildman–Crippen LogP) is 22.6. The Hall–Kier alpha value is -4.75. The standard InChI is InChI=1S/C26H33NO3Si.C26H32O3SSi.C17H11Br.C9H23NO3Si.C9H22O3SSi/c1-4-28-31(29-5-2,30-6-3)16-8-15-27-19-20-17-23-13-11-21-9-7-10-22-12-14-24(18-20)26(23)25(21)22;1-4-27-31(28-5-2,29-6-3)16-8-15-30-19-20-17-23-13-11-21-9-7-10-22-12-14-24(18-20)26(23)25(21)22;18-10-11-8-14-6-4-12-2-1-3-13-5-7-15(9-11)17(14)16(12)13;1-4-11-14(12-5-2,13-6-3)9-7-8-10;1-4-10-14(11-5-2,12-6-3)9-7-8-13/h7,9-14,17-18,27H,4-6,8,15-16,19H2,1-3H3;7,9-14,17-18H,4-6,8,15-16,19H2,1-3H3;1-9H,10H2;4-10H2,1-3H3;13H,4-9H2,1-3H3. The van der Waals surface area contributed by atoms with E-state index in [0.717, 1.165) is 85.5 Å². The van der Waals surface area contributed by atoms with Gasteiger partial charge in [-0.3, -0.25) is 0 Å². The first-order valence-corrected chi connectivity index (χ1v) is 50.2. The topological polar surface area (TPSA) is 149 Å². The Morgan fingerprint density at radius 1 is 0.324 bits per heavy atom. The molecule has 14 nitrogen and oxygen atoms in total. The molecule has 0 aliphatic carbocycles. The van der Waals surface area contributed by atoms with Crippen LogP contribution in [-0.2, 0) is 70.7 Å². The summed E-state index contributed by atoms with van der Waals surface area (Å²) < 4.78 is 69.7. The summed E-state index contributed by atoms with van der Waals surface area (Å²) >= 11 is 9.72. The summed E-state index contributed by atoms with van der Waals surface area (Å²) in [5.41, 5.74) is 9.52. The molecule has 0 atom stereocenters. The number of hydrogen-bond acceptors (Lipinski definition) is 16. The lowest BCUT2D eigenvalue weighted by Crippen LogP contribution is -2.46. The second-order valence-electron chi connectivity index (χ2n) is 26.1. The molecule has 0 fully saturated rings. The van der Waals surface area contributed by atoms with Crippen LogP contribution in [0.3, 0.4) is 0 Å². The lowest BCUT2D eigenvalue weighted by atomic mass is 9.93. The Morgan fingerprint density at radius 2 is 0.574 bits per heavy atom. The van der Waals surface area contributed by atoms with Gasteiger partial charge in [-0.2, -0.15) is 24.4 Å². The lowest BCUT2D eigenvalue weighted by molar-refractivity contribution is 0.0701. The number of thioether (sulfide) groups is 1. The third kappa shape index (κ3) is 24.2. The van der Waals surface area contributed by atoms with Gasteiger partial charge in [0.05, 0.1) is 0 Å². The normalized spacial score (nSPS) is 12.2. The van der Waals surface area contributed by atoms with Crippen LogP contribution in [0.15, 0.2) is 164 Å². The zero-order valence-electron chi connectivity index (χ0n) is 66.4. The van der Waals surface area contributed by atoms with Crippen LogP contribution in [-0.4, -0.2) is 139 Å². The molecule has 0 bridgehead atoms. The molecule has 12 aromatic carbocycles. The zero-order chi connectivity index (χ0) is 77.2. The van der Waals surface area contributed by atoms with Crippen LogP contribution in [0, 0.1) is 0 Å². The van der Waals surface area contributed by atoms with Crippen molar-refractivity contribution in [1.82, 2.24) is 5.32 Å². The van der Waals surface area contributed by atoms with Crippen molar-refractivity contribution in [1.29, 1.82) is 0 Å². The number of alkyl halides is 1. The van der Waals surface area contributed by atoms with Gasteiger partial charge in [-0.25, -0.2) is 0 Å². The van der Waals surface area contributed by atoms with Gasteiger partial charge in [-0.05, 0) is 259 Å². The van der Waals surface area contributed by atoms with E-state index in [4.69, 9.17) is 58.8 Å². The molecule has 0 saturated carbocycles. The number of nitrogens with one attached hydrogen (secondary N) is 1. The Kier molecular flexibility index (Phi) is 38.2. The Labute approximate surface area is 666 Å². The van der Waals surface area contributed by atoms with E-state index in [1.807, 2.05) is 94.8 Å². The summed E-state index contributed by atoms with van der Waals surface area (Å²) in [5, 5.41) is 28.8. The van der Waals surface area contributed by atoms with Crippen LogP contribution in [0.2, 0.25) is 24.2 Å². The summed E-state index contributed by atoms with van der Waals surface area (Å²) in [4.78, 5) is 0. The minimum atomic E-state index is -2.54. The molecule has 0 radical (unpaired) electrons. The molecule has 0 unspecified atom stereocenters. The molecular formula is C87H121BrN2O12S2Si4. The van der Waals surface area contributed by atoms with E-state index in [2.05, 4.69) is 198 Å². The van der Waals surface area contributed by atoms with E-state index < -0.39 is 35.2 Å². The average Bonchev–Trinajstić information content (AvgIpc) is 0.758. The van der Waals surface area contributed by atoms with Crippen molar-refractivity contribution >= 4 is 172 Å². The molecule has 21 heteroatoms. The van der Waals surface area contributed by atoms with Gasteiger partial charge in [0.1, 0.15) is 0 Å². The van der Waals surface area contributed by atoms with Crippen LogP contribution in [0.1, 0.15) is 125 Å². The van der Waals surface area contributed by atoms with E-state index in [0.29, 0.717) is 85.8 Å². The maximum Gasteiger partial charge on any atom is 0.500 e. The smallest absolute Gasteiger partial charge is 0.374 e. The highest BCUT2D eigenvalue weighted by Gasteiger charge is 2.42. The van der Waals surface area contributed by atoms with Gasteiger partial charge in [-0.1, -0.05) is 168 Å². The van der Waals surface area contributed by atoms with E-state index >= 15 is 0 Å². The molecule has 3 N–H and O–H groups in total. The van der Waals surface area contributed by atoms with Crippen molar-refractivity contribution in [3.63, 3.8) is 0 Å². The number of halogens is 1. The quantitative estimate of drug-likeness (QED) is 0.0109. The lowest BCUT2D eigenvalue weighted by Gasteiger charge is -2.28. The highest BCUT2D eigenvalue weighted by Crippen LogP contribution is 2.39. The molecule has 12 rings (SSSR count). The third-order valence-corrected chi connectivity index (χ3v) is 33.3. The number of hydrogen-bond donors (Lipinski definition) is 3. The number of thiol groups is 1. The monoisotopic (exact) mass is 1640 g/mol. The van der Waals surface area contributed by atoms with Gasteiger partial charge in [-0.15, -0.1) is 0 Å². The van der Waals surface area contributed by atoms with Gasteiger partial charge in [0.2, 0.25) is 0 Å². The summed E-state index contributed by atoms with van der Waals surface area (Å²) in [5.74, 6) is 2.94. The van der Waals surface area contributed by atoms with Crippen molar-refractivity contribution in [2.75, 3.05) is 104 Å². The molecule has 0 amide bonds. The van der Waals surface area contributed by atoms with Crippen LogP contribution in [0.4, 0.5) is 0 Å². The van der Waals surface area contributed by atoms with Crippen molar-refractivity contribution in [2.45, 2.75) is 151 Å². The molecular weight excluding hydrogens is 1520 g/mol. The fourth-order valence-corrected chi connectivity index (χ4v) is 27.0. The van der Waals surface area contributed by atoms with Gasteiger partial charge in [0.15, 0.2) is 0 Å². The second kappa shape index (κ2) is 46.4. The van der Waals surface area contributed by atoms with Gasteiger partial charge in [0, 0.05) is 121 Å². The number of nitrogens with two attached hydrogens (primary N) is 1. The van der Waals surface area contributed by atoms with E-state index in [9.17, 15) is 0 Å². The molecule has 586 valence electrons. The molecule has 0 aliphatic heterocycles. The summed E-state index contributed by atoms with van der Waals surface area (Å²) in [6.45, 7) is 33.9. The second-order valence-corrected chi connectivity index (χ2v) is 39.1. The zero-order valence-corrected chi connectivity index (χ0v) is 73.7. The van der Waals surface area contributed by atoms with Crippen molar-refractivity contribution in [2.24, 2.45) is 5.73 Å². The minimum absolute atomic E-state index is 0.628. The van der Waals surface area contributed by atoms with Gasteiger partial charge in [0.25, 0.3) is 0 Å². The number of rotatable bonds is 43. The molecule has 108 heavy (non-hydrogen) atoms. The van der Waals surface area contributed by atoms with E-state index in [1.165, 1.54) is 114 Å². The summed E-state index contributed by atoms with van der Waals surface area (Å²) in [6.07, 6.45) is 3.90. The fraction of sp³-hybridized carbons (Fsp3) is 0.448. The van der Waals surface area contributed by atoms with Crippen LogP contribution in [0.5, 0.6) is 0 Å². The molecule has 12 aromatic rings. The van der Waals surface area contributed by atoms with Gasteiger partial charge >= 0.3 is 35.2 Å². The maximum atomic E-state index is 5.97. The van der Waals surface area contributed by atoms with Gasteiger partial charge < -0.3 is 64.2 Å². The maximum absolute atomic E-state index is 5.97. The summed E-state index contributed by atoms with van der Waals surface area (Å²) in [6, 6.07) is 63.9. The average molecular weight is 1640 g/mol. The predicted molar refractivity (Wildman–Crippen MR) is 474 cm³/mol. The Morgan fingerprint density at radius 3 is 0.852 bits per heavy atom. The first-order valence-electron chi connectivity index (χ1n) is 39.6.